The summed E-state index contributed by atoms with van der Waals surface area (Å²) in [4.78, 5) is 16.1. The number of hydrogen-bond donors (Lipinski definition) is 2. The average Bonchev–Trinajstić information content (AvgIpc) is 2.40. The molecule has 0 aliphatic carbocycles. The number of nitrogens with zero attached hydrogens (tertiary/aromatic N) is 1. The Kier molecular flexibility index (Phi) is 4.98. The summed E-state index contributed by atoms with van der Waals surface area (Å²) in [6.07, 6.45) is 1.39. The van der Waals surface area contributed by atoms with Crippen molar-refractivity contribution in [1.82, 2.24) is 4.98 Å². The Morgan fingerprint density at radius 1 is 1.29 bits per heavy atom. The highest BCUT2D eigenvalue weighted by Gasteiger charge is 2.11. The molecule has 7 heteroatoms. The van der Waals surface area contributed by atoms with Crippen LogP contribution in [0.1, 0.15) is 17.3 Å². The zero-order valence-corrected chi connectivity index (χ0v) is 12.6. The molecular weight excluding hydrogens is 316 g/mol. The van der Waals surface area contributed by atoms with Crippen LogP contribution in [0.5, 0.6) is 0 Å². The van der Waals surface area contributed by atoms with Crippen molar-refractivity contribution < 1.29 is 9.18 Å². The summed E-state index contributed by atoms with van der Waals surface area (Å²) in [6.45, 7) is 2.58. The molecule has 0 aliphatic heterocycles. The Bertz CT molecular complexity index is 659. The SMILES string of the molecule is CCNc1ncc(C(=O)Nc2cc(F)cc(Cl)c2)cc1Cl. The molecule has 0 bridgehead atoms. The van der Waals surface area contributed by atoms with Crippen LogP contribution in [0.2, 0.25) is 10.0 Å². The summed E-state index contributed by atoms with van der Waals surface area (Å²) in [7, 11) is 0. The number of nitrogens with one attached hydrogen (secondary N) is 2. The molecule has 1 aromatic carbocycles. The van der Waals surface area contributed by atoms with Crippen LogP contribution in [0.25, 0.3) is 0 Å². The lowest BCUT2D eigenvalue weighted by molar-refractivity contribution is 0.102. The first-order chi connectivity index (χ1) is 9.99. The van der Waals surface area contributed by atoms with E-state index in [0.717, 1.165) is 6.07 Å². The van der Waals surface area contributed by atoms with Gasteiger partial charge in [0.05, 0.1) is 10.6 Å². The summed E-state index contributed by atoms with van der Waals surface area (Å²) in [5.41, 5.74) is 0.527. The average molecular weight is 328 g/mol. The monoisotopic (exact) mass is 327 g/mol. The molecular formula is C14H12Cl2FN3O. The van der Waals surface area contributed by atoms with E-state index in [2.05, 4.69) is 15.6 Å². The van der Waals surface area contributed by atoms with E-state index >= 15 is 0 Å². The number of amides is 1. The van der Waals surface area contributed by atoms with Gasteiger partial charge >= 0.3 is 0 Å². The molecule has 2 aromatic rings. The predicted octanol–water partition coefficient (Wildman–Crippen LogP) is 4.21. The number of hydrogen-bond acceptors (Lipinski definition) is 3. The van der Waals surface area contributed by atoms with Crippen LogP contribution < -0.4 is 10.6 Å². The number of anilines is 2. The Balaban J connectivity index is 2.18. The summed E-state index contributed by atoms with van der Waals surface area (Å²) in [5.74, 6) is -0.477. The molecule has 2 N–H and O–H groups in total. The lowest BCUT2D eigenvalue weighted by atomic mass is 10.2. The minimum atomic E-state index is -0.531. The van der Waals surface area contributed by atoms with E-state index in [9.17, 15) is 9.18 Å². The third kappa shape index (κ3) is 4.06. The topological polar surface area (TPSA) is 54.0 Å². The zero-order valence-electron chi connectivity index (χ0n) is 11.1. The van der Waals surface area contributed by atoms with Crippen molar-refractivity contribution in [1.29, 1.82) is 0 Å². The van der Waals surface area contributed by atoms with Gasteiger partial charge in [-0.3, -0.25) is 4.79 Å². The second-order valence-electron chi connectivity index (χ2n) is 4.20. The second-order valence-corrected chi connectivity index (χ2v) is 5.04. The maximum atomic E-state index is 13.2. The molecule has 1 aromatic heterocycles. The van der Waals surface area contributed by atoms with E-state index < -0.39 is 11.7 Å². The Morgan fingerprint density at radius 3 is 2.67 bits per heavy atom. The highest BCUT2D eigenvalue weighted by atomic mass is 35.5. The van der Waals surface area contributed by atoms with Gasteiger partial charge in [0.15, 0.2) is 0 Å². The van der Waals surface area contributed by atoms with Crippen molar-refractivity contribution in [3.63, 3.8) is 0 Å². The Hall–Kier alpha value is -1.85. The minimum absolute atomic E-state index is 0.198. The predicted molar refractivity (Wildman–Crippen MR) is 82.8 cm³/mol. The van der Waals surface area contributed by atoms with Crippen molar-refractivity contribution in [2.24, 2.45) is 0 Å². The van der Waals surface area contributed by atoms with Crippen LogP contribution in [-0.4, -0.2) is 17.4 Å². The molecule has 0 unspecified atom stereocenters. The smallest absolute Gasteiger partial charge is 0.257 e. The van der Waals surface area contributed by atoms with Crippen LogP contribution >= 0.6 is 23.2 Å². The number of pyridine rings is 1. The third-order valence-corrected chi connectivity index (χ3v) is 3.07. The lowest BCUT2D eigenvalue weighted by Gasteiger charge is -2.08. The molecule has 110 valence electrons. The van der Waals surface area contributed by atoms with E-state index in [-0.39, 0.29) is 16.3 Å². The normalized spacial score (nSPS) is 10.3. The fourth-order valence-corrected chi connectivity index (χ4v) is 2.14. The van der Waals surface area contributed by atoms with Gasteiger partial charge in [-0.15, -0.1) is 0 Å². The van der Waals surface area contributed by atoms with Gasteiger partial charge in [0.25, 0.3) is 5.91 Å². The van der Waals surface area contributed by atoms with Crippen molar-refractivity contribution in [3.8, 4) is 0 Å². The molecule has 0 saturated carbocycles. The zero-order chi connectivity index (χ0) is 15.4. The van der Waals surface area contributed by atoms with Gasteiger partial charge in [-0.25, -0.2) is 9.37 Å². The fourth-order valence-electron chi connectivity index (χ4n) is 1.69. The van der Waals surface area contributed by atoms with Crippen LogP contribution in [0, 0.1) is 5.82 Å². The first kappa shape index (κ1) is 15.5. The summed E-state index contributed by atoms with van der Waals surface area (Å²) < 4.78 is 13.2. The first-order valence-corrected chi connectivity index (χ1v) is 6.92. The molecule has 0 aliphatic rings. The number of benzene rings is 1. The van der Waals surface area contributed by atoms with Gasteiger partial charge in [-0.1, -0.05) is 23.2 Å². The number of halogens is 3. The highest BCUT2D eigenvalue weighted by Crippen LogP contribution is 2.22. The van der Waals surface area contributed by atoms with Crippen molar-refractivity contribution in [2.45, 2.75) is 6.92 Å². The molecule has 0 spiro atoms. The molecule has 0 fully saturated rings. The largest absolute Gasteiger partial charge is 0.369 e. The second kappa shape index (κ2) is 6.74. The fraction of sp³-hybridized carbons (Fsp3) is 0.143. The highest BCUT2D eigenvalue weighted by molar-refractivity contribution is 6.33. The summed E-state index contributed by atoms with van der Waals surface area (Å²) in [5, 5.41) is 6.03. The molecule has 21 heavy (non-hydrogen) atoms. The molecule has 0 saturated heterocycles. The molecule has 0 radical (unpaired) electrons. The van der Waals surface area contributed by atoms with E-state index in [1.807, 2.05) is 6.92 Å². The van der Waals surface area contributed by atoms with E-state index in [1.165, 1.54) is 24.4 Å². The van der Waals surface area contributed by atoms with Crippen LogP contribution in [-0.2, 0) is 0 Å². The number of carbonyl (C=O) groups is 1. The van der Waals surface area contributed by atoms with Crippen LogP contribution in [0.15, 0.2) is 30.5 Å². The molecule has 4 nitrogen and oxygen atoms in total. The maximum absolute atomic E-state index is 13.2. The van der Waals surface area contributed by atoms with Gasteiger partial charge in [-0.05, 0) is 31.2 Å². The van der Waals surface area contributed by atoms with E-state index in [1.54, 1.807) is 0 Å². The van der Waals surface area contributed by atoms with Crippen LogP contribution in [0.4, 0.5) is 15.9 Å². The number of aromatic nitrogens is 1. The number of carbonyl (C=O) groups excluding carboxylic acids is 1. The van der Waals surface area contributed by atoms with Crippen molar-refractivity contribution in [3.05, 3.63) is 51.9 Å². The number of rotatable bonds is 4. The maximum Gasteiger partial charge on any atom is 0.257 e. The molecule has 1 heterocycles. The van der Waals surface area contributed by atoms with E-state index in [0.29, 0.717) is 17.4 Å². The van der Waals surface area contributed by atoms with Gasteiger partial charge in [0, 0.05) is 23.5 Å². The quantitative estimate of drug-likeness (QED) is 0.884. The van der Waals surface area contributed by atoms with Gasteiger partial charge in [0.1, 0.15) is 11.6 Å². The first-order valence-electron chi connectivity index (χ1n) is 6.16. The minimum Gasteiger partial charge on any atom is -0.369 e. The molecule has 2 rings (SSSR count). The van der Waals surface area contributed by atoms with Crippen molar-refractivity contribution in [2.75, 3.05) is 17.2 Å². The lowest BCUT2D eigenvalue weighted by Crippen LogP contribution is -2.13. The molecule has 0 atom stereocenters. The van der Waals surface area contributed by atoms with Gasteiger partial charge in [-0.2, -0.15) is 0 Å². The third-order valence-electron chi connectivity index (χ3n) is 2.57. The van der Waals surface area contributed by atoms with Crippen molar-refractivity contribution >= 4 is 40.6 Å². The van der Waals surface area contributed by atoms with Crippen LogP contribution in [0.3, 0.4) is 0 Å². The van der Waals surface area contributed by atoms with Gasteiger partial charge in [0.2, 0.25) is 0 Å². The Morgan fingerprint density at radius 2 is 2.05 bits per heavy atom. The molecule has 1 amide bonds. The standard InChI is InChI=1S/C14H12Cl2FN3O/c1-2-18-13-12(16)3-8(7-19-13)14(21)20-11-5-9(15)4-10(17)6-11/h3-7H,2H2,1H3,(H,18,19)(H,20,21). The summed E-state index contributed by atoms with van der Waals surface area (Å²) >= 11 is 11.7. The summed E-state index contributed by atoms with van der Waals surface area (Å²) in [6, 6.07) is 5.26. The Labute approximate surface area is 131 Å². The van der Waals surface area contributed by atoms with Gasteiger partial charge < -0.3 is 10.6 Å². The van der Waals surface area contributed by atoms with E-state index in [4.69, 9.17) is 23.2 Å².